The first-order chi connectivity index (χ1) is 17.6. The summed E-state index contributed by atoms with van der Waals surface area (Å²) in [5.74, 6) is 1.38. The SMILES string of the molecule is Cc1ccc(CC(=S)CC2CC2c2ccc(-c3ncn(-c4ccc(OC(F)(F)F)cc4)n3)cc2)c(C)c1. The van der Waals surface area contributed by atoms with Gasteiger partial charge in [-0.3, -0.25) is 0 Å². The van der Waals surface area contributed by atoms with Gasteiger partial charge >= 0.3 is 6.36 Å². The monoisotopic (exact) mass is 521 g/mol. The van der Waals surface area contributed by atoms with Gasteiger partial charge in [-0.05, 0) is 84.3 Å². The number of hydrogen-bond acceptors (Lipinski definition) is 4. The lowest BCUT2D eigenvalue weighted by atomic mass is 9.98. The molecular formula is C29H26F3N3OS. The average molecular weight is 522 g/mol. The van der Waals surface area contributed by atoms with Crippen molar-refractivity contribution in [2.24, 2.45) is 5.92 Å². The summed E-state index contributed by atoms with van der Waals surface area (Å²) >= 11 is 5.73. The number of alkyl halides is 3. The quantitative estimate of drug-likeness (QED) is 0.224. The van der Waals surface area contributed by atoms with Crippen molar-refractivity contribution >= 4 is 17.1 Å². The number of benzene rings is 3. The van der Waals surface area contributed by atoms with Gasteiger partial charge in [-0.15, -0.1) is 18.3 Å². The van der Waals surface area contributed by atoms with Gasteiger partial charge in [0.05, 0.1) is 5.69 Å². The lowest BCUT2D eigenvalue weighted by Gasteiger charge is -2.09. The first kappa shape index (κ1) is 25.1. The molecular weight excluding hydrogens is 495 g/mol. The van der Waals surface area contributed by atoms with Crippen LogP contribution in [-0.4, -0.2) is 26.0 Å². The Morgan fingerprint density at radius 1 is 1.03 bits per heavy atom. The Bertz CT molecular complexity index is 1410. The Kier molecular flexibility index (Phi) is 6.86. The van der Waals surface area contributed by atoms with Crippen molar-refractivity contribution in [3.05, 3.63) is 95.3 Å². The number of halogens is 3. The van der Waals surface area contributed by atoms with Gasteiger partial charge in [0.2, 0.25) is 0 Å². The smallest absolute Gasteiger partial charge is 0.406 e. The second-order valence-corrected chi connectivity index (χ2v) is 10.2. The predicted octanol–water partition coefficient (Wildman–Crippen LogP) is 7.56. The highest BCUT2D eigenvalue weighted by Gasteiger charge is 2.38. The summed E-state index contributed by atoms with van der Waals surface area (Å²) in [6.45, 7) is 4.25. The van der Waals surface area contributed by atoms with E-state index in [0.717, 1.165) is 29.7 Å². The first-order valence-electron chi connectivity index (χ1n) is 12.1. The van der Waals surface area contributed by atoms with Gasteiger partial charge in [-0.2, -0.15) is 0 Å². The molecule has 1 fully saturated rings. The van der Waals surface area contributed by atoms with E-state index in [4.69, 9.17) is 12.2 Å². The van der Waals surface area contributed by atoms with Crippen molar-refractivity contribution in [2.75, 3.05) is 0 Å². The maximum Gasteiger partial charge on any atom is 0.573 e. The van der Waals surface area contributed by atoms with Crippen LogP contribution in [0.4, 0.5) is 13.2 Å². The van der Waals surface area contributed by atoms with E-state index in [0.29, 0.717) is 23.3 Å². The first-order valence-corrected chi connectivity index (χ1v) is 12.5. The fraction of sp³-hybridized carbons (Fsp3) is 0.276. The topological polar surface area (TPSA) is 39.9 Å². The fourth-order valence-electron chi connectivity index (χ4n) is 4.70. The van der Waals surface area contributed by atoms with E-state index in [1.54, 1.807) is 0 Å². The molecule has 1 aliphatic rings. The Balaban J connectivity index is 1.18. The third-order valence-corrected chi connectivity index (χ3v) is 7.03. The molecule has 1 saturated carbocycles. The van der Waals surface area contributed by atoms with E-state index in [9.17, 15) is 13.2 Å². The van der Waals surface area contributed by atoms with Crippen molar-refractivity contribution < 1.29 is 17.9 Å². The maximum absolute atomic E-state index is 12.4. The lowest BCUT2D eigenvalue weighted by Crippen LogP contribution is -2.17. The number of aromatic nitrogens is 3. The highest BCUT2D eigenvalue weighted by atomic mass is 32.1. The largest absolute Gasteiger partial charge is 0.573 e. The molecule has 37 heavy (non-hydrogen) atoms. The zero-order chi connectivity index (χ0) is 26.2. The van der Waals surface area contributed by atoms with E-state index in [1.165, 1.54) is 57.5 Å². The number of ether oxygens (including phenoxy) is 1. The molecule has 190 valence electrons. The molecule has 0 aliphatic heterocycles. The zero-order valence-electron chi connectivity index (χ0n) is 20.5. The van der Waals surface area contributed by atoms with Gasteiger partial charge < -0.3 is 4.74 Å². The van der Waals surface area contributed by atoms with E-state index < -0.39 is 6.36 Å². The summed E-state index contributed by atoms with van der Waals surface area (Å²) in [4.78, 5) is 5.48. The molecule has 2 unspecified atom stereocenters. The van der Waals surface area contributed by atoms with Crippen LogP contribution in [0.2, 0.25) is 0 Å². The summed E-state index contributed by atoms with van der Waals surface area (Å²) in [6, 6.07) is 20.3. The summed E-state index contributed by atoms with van der Waals surface area (Å²) in [6.07, 6.45) is -0.214. The zero-order valence-corrected chi connectivity index (χ0v) is 21.3. The number of nitrogens with zero attached hydrogens (tertiary/aromatic N) is 3. The van der Waals surface area contributed by atoms with Gasteiger partial charge in [0.25, 0.3) is 0 Å². The van der Waals surface area contributed by atoms with E-state index >= 15 is 0 Å². The fourth-order valence-corrected chi connectivity index (χ4v) is 5.07. The Labute approximate surface area is 219 Å². The maximum atomic E-state index is 12.4. The van der Waals surface area contributed by atoms with Gasteiger partial charge in [0.15, 0.2) is 5.82 Å². The Hall–Kier alpha value is -3.52. The molecule has 0 bridgehead atoms. The van der Waals surface area contributed by atoms with Crippen LogP contribution in [0.1, 0.15) is 41.0 Å². The average Bonchev–Trinajstić information content (AvgIpc) is 3.42. The Morgan fingerprint density at radius 3 is 2.43 bits per heavy atom. The number of aryl methyl sites for hydroxylation is 2. The molecule has 1 heterocycles. The van der Waals surface area contributed by atoms with Gasteiger partial charge in [-0.25, -0.2) is 9.67 Å². The molecule has 4 aromatic rings. The summed E-state index contributed by atoms with van der Waals surface area (Å²) < 4.78 is 42.5. The van der Waals surface area contributed by atoms with Crippen molar-refractivity contribution in [3.63, 3.8) is 0 Å². The minimum Gasteiger partial charge on any atom is -0.406 e. The van der Waals surface area contributed by atoms with Crippen LogP contribution >= 0.6 is 12.2 Å². The highest BCUT2D eigenvalue weighted by Crippen LogP contribution is 2.50. The highest BCUT2D eigenvalue weighted by molar-refractivity contribution is 7.80. The van der Waals surface area contributed by atoms with Crippen LogP contribution in [0.15, 0.2) is 73.1 Å². The van der Waals surface area contributed by atoms with Crippen molar-refractivity contribution in [2.45, 2.75) is 45.4 Å². The molecule has 8 heteroatoms. The van der Waals surface area contributed by atoms with E-state index in [-0.39, 0.29) is 5.75 Å². The van der Waals surface area contributed by atoms with E-state index in [1.807, 2.05) is 12.1 Å². The molecule has 4 nitrogen and oxygen atoms in total. The second kappa shape index (κ2) is 10.1. The number of rotatable bonds is 8. The van der Waals surface area contributed by atoms with Crippen LogP contribution in [0.3, 0.4) is 0 Å². The van der Waals surface area contributed by atoms with Crippen LogP contribution in [-0.2, 0) is 6.42 Å². The molecule has 0 saturated heterocycles. The molecule has 5 rings (SSSR count). The summed E-state index contributed by atoms with van der Waals surface area (Å²) in [7, 11) is 0. The minimum absolute atomic E-state index is 0.281. The molecule has 0 spiro atoms. The standard InChI is InChI=1S/C29H26F3N3OS/c1-18-3-4-22(19(2)13-18)14-26(37)15-23-16-27(23)20-5-7-21(8-6-20)28-33-17-35(34-28)24-9-11-25(12-10-24)36-29(30,31)32/h3-13,17,23,27H,14-16H2,1-2H3. The van der Waals surface area contributed by atoms with Crippen molar-refractivity contribution in [1.29, 1.82) is 0 Å². The molecule has 1 aliphatic carbocycles. The number of hydrogen-bond donors (Lipinski definition) is 0. The van der Waals surface area contributed by atoms with Crippen LogP contribution in [0.25, 0.3) is 17.1 Å². The van der Waals surface area contributed by atoms with Crippen LogP contribution in [0.5, 0.6) is 5.75 Å². The normalized spacial score (nSPS) is 17.0. The molecule has 3 aromatic carbocycles. The molecule has 0 N–H and O–H groups in total. The van der Waals surface area contributed by atoms with Gasteiger partial charge in [0.1, 0.15) is 12.1 Å². The van der Waals surface area contributed by atoms with Crippen molar-refractivity contribution in [1.82, 2.24) is 14.8 Å². The van der Waals surface area contributed by atoms with E-state index in [2.05, 4.69) is 59.0 Å². The molecule has 1 aromatic heterocycles. The minimum atomic E-state index is -4.72. The molecule has 0 radical (unpaired) electrons. The second-order valence-electron chi connectivity index (χ2n) is 9.63. The molecule has 0 amide bonds. The van der Waals surface area contributed by atoms with Gasteiger partial charge in [-0.1, -0.05) is 60.2 Å². The number of thiocarbonyl (C=S) groups is 1. The summed E-state index contributed by atoms with van der Waals surface area (Å²) in [5.41, 5.74) is 6.64. The lowest BCUT2D eigenvalue weighted by molar-refractivity contribution is -0.274. The molecule has 2 atom stereocenters. The third kappa shape index (κ3) is 6.25. The third-order valence-electron chi connectivity index (χ3n) is 6.72. The van der Waals surface area contributed by atoms with Gasteiger partial charge in [0, 0.05) is 12.0 Å². The Morgan fingerprint density at radius 2 is 1.76 bits per heavy atom. The van der Waals surface area contributed by atoms with Crippen molar-refractivity contribution in [3.8, 4) is 22.8 Å². The van der Waals surface area contributed by atoms with Crippen LogP contribution < -0.4 is 4.74 Å². The predicted molar refractivity (Wildman–Crippen MR) is 141 cm³/mol. The summed E-state index contributed by atoms with van der Waals surface area (Å²) in [5, 5.41) is 4.48. The van der Waals surface area contributed by atoms with Crippen LogP contribution in [0, 0.1) is 19.8 Å².